The molecular weight excluding hydrogens is 283 g/mol. The normalized spacial score (nSPS) is 11.2. The lowest BCUT2D eigenvalue weighted by Gasteiger charge is -2.05. The van der Waals surface area contributed by atoms with Crippen molar-refractivity contribution in [2.75, 3.05) is 6.54 Å². The lowest BCUT2D eigenvalue weighted by atomic mass is 10.3. The number of nitrogens with zero attached hydrogens (tertiary/aromatic N) is 1. The molecule has 8 nitrogen and oxygen atoms in total. The molecule has 0 spiro atoms. The van der Waals surface area contributed by atoms with Crippen molar-refractivity contribution in [3.05, 3.63) is 34.1 Å². The Morgan fingerprint density at radius 3 is 2.63 bits per heavy atom. The molecule has 0 bridgehead atoms. The smallest absolute Gasteiger partial charge is 0.306 e. The van der Waals surface area contributed by atoms with E-state index in [1.54, 1.807) is 0 Å². The fraction of sp³-hybridized carbons (Fsp3) is 0.222. The Labute approximate surface area is 107 Å². The first kappa shape index (κ1) is 15.0. The number of nitro benzene ring substituents is 1. The third kappa shape index (κ3) is 3.96. The van der Waals surface area contributed by atoms with Crippen LogP contribution < -0.4 is 4.72 Å². The minimum Gasteiger partial charge on any atom is -0.481 e. The highest BCUT2D eigenvalue weighted by atomic mass is 32.2. The van der Waals surface area contributed by atoms with Gasteiger partial charge in [0.25, 0.3) is 0 Å². The fourth-order valence-corrected chi connectivity index (χ4v) is 2.23. The fourth-order valence-electron chi connectivity index (χ4n) is 1.18. The van der Waals surface area contributed by atoms with Gasteiger partial charge in [-0.15, -0.1) is 0 Å². The lowest BCUT2D eigenvalue weighted by molar-refractivity contribution is -0.387. The second-order valence-electron chi connectivity index (χ2n) is 3.41. The van der Waals surface area contributed by atoms with Crippen LogP contribution in [0.1, 0.15) is 6.42 Å². The van der Waals surface area contributed by atoms with E-state index in [-0.39, 0.29) is 6.54 Å². The van der Waals surface area contributed by atoms with E-state index in [1.165, 1.54) is 0 Å². The molecule has 1 rings (SSSR count). The number of carbonyl (C=O) groups is 1. The van der Waals surface area contributed by atoms with Gasteiger partial charge in [0.15, 0.2) is 0 Å². The van der Waals surface area contributed by atoms with Crippen LogP contribution in [0.25, 0.3) is 0 Å². The summed E-state index contributed by atoms with van der Waals surface area (Å²) in [6.45, 7) is -0.372. The Bertz CT molecular complexity index is 615. The summed E-state index contributed by atoms with van der Waals surface area (Å²) in [4.78, 5) is 19.2. The molecule has 0 saturated heterocycles. The number of sulfonamides is 1. The molecule has 0 aliphatic carbocycles. The van der Waals surface area contributed by atoms with Crippen LogP contribution in [-0.2, 0) is 14.8 Å². The van der Waals surface area contributed by atoms with Gasteiger partial charge in [-0.1, -0.05) is 0 Å². The Hall–Kier alpha value is -2.07. The molecule has 1 aromatic carbocycles. The van der Waals surface area contributed by atoms with E-state index in [1.807, 2.05) is 4.72 Å². The molecule has 0 aromatic heterocycles. The summed E-state index contributed by atoms with van der Waals surface area (Å²) in [5, 5.41) is 18.8. The third-order valence-electron chi connectivity index (χ3n) is 2.06. The molecule has 0 radical (unpaired) electrons. The maximum Gasteiger partial charge on any atom is 0.306 e. The second-order valence-corrected chi connectivity index (χ2v) is 5.18. The summed E-state index contributed by atoms with van der Waals surface area (Å²) in [6, 6.07) is 2.08. The van der Waals surface area contributed by atoms with E-state index in [9.17, 15) is 27.7 Å². The highest BCUT2D eigenvalue weighted by molar-refractivity contribution is 7.89. The molecule has 0 saturated carbocycles. The summed E-state index contributed by atoms with van der Waals surface area (Å²) >= 11 is 0. The van der Waals surface area contributed by atoms with Gasteiger partial charge in [-0.2, -0.15) is 4.39 Å². The van der Waals surface area contributed by atoms with Crippen LogP contribution in [0.5, 0.6) is 0 Å². The van der Waals surface area contributed by atoms with Crippen LogP contribution in [0.15, 0.2) is 23.1 Å². The summed E-state index contributed by atoms with van der Waals surface area (Å²) in [6.07, 6.45) is -0.442. The maximum absolute atomic E-state index is 13.0. The highest BCUT2D eigenvalue weighted by Gasteiger charge is 2.21. The van der Waals surface area contributed by atoms with Gasteiger partial charge >= 0.3 is 11.7 Å². The van der Waals surface area contributed by atoms with Gasteiger partial charge in [0.05, 0.1) is 16.2 Å². The van der Waals surface area contributed by atoms with Crippen molar-refractivity contribution in [1.29, 1.82) is 0 Å². The molecule has 0 unspecified atom stereocenters. The van der Waals surface area contributed by atoms with E-state index in [0.717, 1.165) is 6.07 Å². The zero-order valence-corrected chi connectivity index (χ0v) is 10.2. The van der Waals surface area contributed by atoms with Gasteiger partial charge in [0.1, 0.15) is 0 Å². The summed E-state index contributed by atoms with van der Waals surface area (Å²) in [5.41, 5.74) is -0.971. The van der Waals surface area contributed by atoms with Crippen LogP contribution >= 0.6 is 0 Å². The molecule has 19 heavy (non-hydrogen) atoms. The number of nitrogens with one attached hydrogen (secondary N) is 1. The van der Waals surface area contributed by atoms with Gasteiger partial charge < -0.3 is 5.11 Å². The Balaban J connectivity index is 2.99. The number of carboxylic acid groups (broad SMARTS) is 1. The van der Waals surface area contributed by atoms with E-state index in [2.05, 4.69) is 0 Å². The van der Waals surface area contributed by atoms with E-state index in [0.29, 0.717) is 12.1 Å². The molecule has 0 fully saturated rings. The first-order valence-corrected chi connectivity index (χ1v) is 6.38. The minimum atomic E-state index is -4.11. The van der Waals surface area contributed by atoms with Crippen molar-refractivity contribution >= 4 is 21.7 Å². The number of hydrogen-bond donors (Lipinski definition) is 2. The summed E-state index contributed by atoms with van der Waals surface area (Å²) in [7, 11) is -4.11. The van der Waals surface area contributed by atoms with E-state index >= 15 is 0 Å². The van der Waals surface area contributed by atoms with E-state index in [4.69, 9.17) is 5.11 Å². The first-order valence-electron chi connectivity index (χ1n) is 4.89. The maximum atomic E-state index is 13.0. The van der Waals surface area contributed by atoms with Crippen molar-refractivity contribution < 1.29 is 27.6 Å². The van der Waals surface area contributed by atoms with Crippen LogP contribution in [0.3, 0.4) is 0 Å². The number of aliphatic carboxylic acids is 1. The quantitative estimate of drug-likeness (QED) is 0.580. The average molecular weight is 292 g/mol. The van der Waals surface area contributed by atoms with Crippen molar-refractivity contribution in [2.24, 2.45) is 0 Å². The molecule has 104 valence electrons. The van der Waals surface area contributed by atoms with E-state index < -0.39 is 43.7 Å². The van der Waals surface area contributed by atoms with Crippen molar-refractivity contribution in [2.45, 2.75) is 11.3 Å². The molecule has 0 aliphatic heterocycles. The number of benzene rings is 1. The minimum absolute atomic E-state index is 0.372. The number of rotatable bonds is 6. The number of nitro groups is 1. The molecule has 2 N–H and O–H groups in total. The van der Waals surface area contributed by atoms with Crippen molar-refractivity contribution in [1.82, 2.24) is 4.72 Å². The molecular formula is C9H9FN2O6S. The van der Waals surface area contributed by atoms with Crippen LogP contribution in [0.4, 0.5) is 10.1 Å². The zero-order chi connectivity index (χ0) is 14.6. The highest BCUT2D eigenvalue weighted by Crippen LogP contribution is 2.21. The third-order valence-corrected chi connectivity index (χ3v) is 3.51. The average Bonchev–Trinajstić information content (AvgIpc) is 2.27. The number of halogens is 1. The van der Waals surface area contributed by atoms with Crippen LogP contribution in [0.2, 0.25) is 0 Å². The van der Waals surface area contributed by atoms with Gasteiger partial charge in [-0.25, -0.2) is 13.1 Å². The van der Waals surface area contributed by atoms with Crippen LogP contribution in [0, 0.1) is 15.9 Å². The summed E-state index contributed by atoms with van der Waals surface area (Å²) in [5.74, 6) is -2.36. The molecule has 0 heterocycles. The topological polar surface area (TPSA) is 127 Å². The van der Waals surface area contributed by atoms with Gasteiger partial charge in [0, 0.05) is 12.6 Å². The predicted octanol–water partition coefficient (Wildman–Crippen LogP) is 0.487. The van der Waals surface area contributed by atoms with Gasteiger partial charge in [-0.3, -0.25) is 14.9 Å². The zero-order valence-electron chi connectivity index (χ0n) is 9.37. The Kier molecular flexibility index (Phi) is 4.51. The lowest BCUT2D eigenvalue weighted by Crippen LogP contribution is -2.26. The monoisotopic (exact) mass is 292 g/mol. The van der Waals surface area contributed by atoms with Gasteiger partial charge in [0.2, 0.25) is 15.8 Å². The first-order chi connectivity index (χ1) is 8.74. The SMILES string of the molecule is O=C(O)CCNS(=O)(=O)c1ccc(F)c([N+](=O)[O-])c1. The molecule has 10 heteroatoms. The Morgan fingerprint density at radius 2 is 2.11 bits per heavy atom. The molecule has 0 aliphatic rings. The van der Waals surface area contributed by atoms with Crippen molar-refractivity contribution in [3.8, 4) is 0 Å². The number of hydrogen-bond acceptors (Lipinski definition) is 5. The standard InChI is InChI=1S/C9H9FN2O6S/c10-7-2-1-6(5-8(7)12(15)16)19(17,18)11-4-3-9(13)14/h1-2,5,11H,3-4H2,(H,13,14). The van der Waals surface area contributed by atoms with Crippen molar-refractivity contribution in [3.63, 3.8) is 0 Å². The summed E-state index contributed by atoms with van der Waals surface area (Å²) < 4.78 is 38.3. The second kappa shape index (κ2) is 5.71. The predicted molar refractivity (Wildman–Crippen MR) is 60.5 cm³/mol. The van der Waals surface area contributed by atoms with Crippen LogP contribution in [-0.4, -0.2) is 31.0 Å². The Morgan fingerprint density at radius 1 is 1.47 bits per heavy atom. The molecule has 0 amide bonds. The van der Waals surface area contributed by atoms with Gasteiger partial charge in [-0.05, 0) is 12.1 Å². The molecule has 1 aromatic rings. The number of carboxylic acids is 1. The largest absolute Gasteiger partial charge is 0.481 e. The molecule has 0 atom stereocenters.